The van der Waals surface area contributed by atoms with Gasteiger partial charge in [0, 0.05) is 17.3 Å². The summed E-state index contributed by atoms with van der Waals surface area (Å²) in [6, 6.07) is 17.1. The van der Waals surface area contributed by atoms with Gasteiger partial charge in [0.2, 0.25) is 0 Å². The standard InChI is InChI=1S/C25H24N8O2S/c1-25(2,35)21-15-32(31-30-21)14-17-5-3-6-22(28-17)29-24-19(23(26)34)13-20(36-24)16-7-9-18(10-8-16)33-12-4-11-27-33/h3-13,15,35H,14H2,1-2H3,(H2,26,34)(H,28,29). The molecule has 0 spiro atoms. The Hall–Kier alpha value is -4.35. The number of thiophene rings is 1. The molecular weight excluding hydrogens is 476 g/mol. The first kappa shape index (κ1) is 23.4. The lowest BCUT2D eigenvalue weighted by Crippen LogP contribution is -2.15. The second-order valence-electron chi connectivity index (χ2n) is 8.71. The van der Waals surface area contributed by atoms with Crippen LogP contribution in [0.15, 0.2) is 73.2 Å². The summed E-state index contributed by atoms with van der Waals surface area (Å²) in [5, 5.41) is 26.3. The number of carbonyl (C=O) groups is 1. The quantitative estimate of drug-likeness (QED) is 0.295. The number of nitrogens with two attached hydrogens (primary N) is 1. The van der Waals surface area contributed by atoms with Crippen LogP contribution in [0.5, 0.6) is 0 Å². The molecule has 0 saturated carbocycles. The van der Waals surface area contributed by atoms with Crippen LogP contribution in [0.25, 0.3) is 16.1 Å². The third-order valence-corrected chi connectivity index (χ3v) is 6.56. The second-order valence-corrected chi connectivity index (χ2v) is 9.77. The third kappa shape index (κ3) is 5.02. The summed E-state index contributed by atoms with van der Waals surface area (Å²) in [7, 11) is 0. The zero-order valence-corrected chi connectivity index (χ0v) is 20.5. The van der Waals surface area contributed by atoms with Crippen LogP contribution in [0.1, 0.15) is 35.6 Å². The van der Waals surface area contributed by atoms with Gasteiger partial charge in [0.25, 0.3) is 5.91 Å². The highest BCUT2D eigenvalue weighted by Crippen LogP contribution is 2.37. The van der Waals surface area contributed by atoms with Gasteiger partial charge in [-0.3, -0.25) is 4.79 Å². The van der Waals surface area contributed by atoms with E-state index in [2.05, 4.69) is 25.7 Å². The normalized spacial score (nSPS) is 11.5. The van der Waals surface area contributed by atoms with Gasteiger partial charge < -0.3 is 16.2 Å². The highest BCUT2D eigenvalue weighted by molar-refractivity contribution is 7.19. The molecule has 0 bridgehead atoms. The molecular formula is C25H24N8O2S. The van der Waals surface area contributed by atoms with Crippen molar-refractivity contribution in [1.29, 1.82) is 0 Å². The highest BCUT2D eigenvalue weighted by atomic mass is 32.1. The molecule has 10 nitrogen and oxygen atoms in total. The van der Waals surface area contributed by atoms with Gasteiger partial charge in [0.15, 0.2) is 0 Å². The molecule has 0 aliphatic rings. The van der Waals surface area contributed by atoms with Crippen molar-refractivity contribution in [2.24, 2.45) is 5.73 Å². The lowest BCUT2D eigenvalue weighted by Gasteiger charge is -2.11. The first-order valence-corrected chi connectivity index (χ1v) is 12.0. The second kappa shape index (κ2) is 9.36. The molecule has 4 heterocycles. The fourth-order valence-electron chi connectivity index (χ4n) is 3.58. The number of carbonyl (C=O) groups excluding carboxylic acids is 1. The fourth-order valence-corrected chi connectivity index (χ4v) is 4.66. The van der Waals surface area contributed by atoms with Crippen molar-refractivity contribution in [1.82, 2.24) is 29.8 Å². The first-order valence-electron chi connectivity index (χ1n) is 11.2. The van der Waals surface area contributed by atoms with Crippen molar-refractivity contribution in [2.75, 3.05) is 5.32 Å². The molecule has 5 aromatic rings. The highest BCUT2D eigenvalue weighted by Gasteiger charge is 2.20. The van der Waals surface area contributed by atoms with Crippen LogP contribution in [0.2, 0.25) is 0 Å². The van der Waals surface area contributed by atoms with Gasteiger partial charge in [0.05, 0.1) is 29.7 Å². The smallest absolute Gasteiger partial charge is 0.251 e. The van der Waals surface area contributed by atoms with Gasteiger partial charge >= 0.3 is 0 Å². The van der Waals surface area contributed by atoms with E-state index in [9.17, 15) is 9.90 Å². The Balaban J connectivity index is 1.37. The maximum Gasteiger partial charge on any atom is 0.251 e. The van der Waals surface area contributed by atoms with Crippen molar-refractivity contribution in [3.05, 3.63) is 90.1 Å². The van der Waals surface area contributed by atoms with Crippen LogP contribution >= 0.6 is 11.3 Å². The zero-order chi connectivity index (χ0) is 25.3. The van der Waals surface area contributed by atoms with Crippen molar-refractivity contribution >= 4 is 28.1 Å². The molecule has 11 heteroatoms. The number of pyridine rings is 1. The van der Waals surface area contributed by atoms with Crippen LogP contribution < -0.4 is 11.1 Å². The summed E-state index contributed by atoms with van der Waals surface area (Å²) in [5.41, 5.74) is 8.11. The number of aromatic nitrogens is 6. The fraction of sp³-hybridized carbons (Fsp3) is 0.160. The number of benzene rings is 1. The average Bonchev–Trinajstić information content (AvgIpc) is 3.60. The van der Waals surface area contributed by atoms with E-state index in [1.165, 1.54) is 11.3 Å². The molecule has 36 heavy (non-hydrogen) atoms. The van der Waals surface area contributed by atoms with Crippen LogP contribution in [0.3, 0.4) is 0 Å². The molecule has 182 valence electrons. The van der Waals surface area contributed by atoms with Crippen LogP contribution in [-0.2, 0) is 12.1 Å². The zero-order valence-electron chi connectivity index (χ0n) is 19.7. The van der Waals surface area contributed by atoms with Gasteiger partial charge in [-0.15, -0.1) is 16.4 Å². The lowest BCUT2D eigenvalue weighted by atomic mass is 10.1. The van der Waals surface area contributed by atoms with E-state index in [0.717, 1.165) is 21.8 Å². The Labute approximate surface area is 211 Å². The van der Waals surface area contributed by atoms with E-state index >= 15 is 0 Å². The Bertz CT molecular complexity index is 1500. The molecule has 0 unspecified atom stereocenters. The summed E-state index contributed by atoms with van der Waals surface area (Å²) in [5.74, 6) is 0.0475. The van der Waals surface area contributed by atoms with E-state index in [-0.39, 0.29) is 0 Å². The monoisotopic (exact) mass is 500 g/mol. The minimum Gasteiger partial charge on any atom is -0.384 e. The van der Waals surface area contributed by atoms with Gasteiger partial charge in [-0.2, -0.15) is 5.10 Å². The van der Waals surface area contributed by atoms with Gasteiger partial charge in [-0.25, -0.2) is 14.3 Å². The molecule has 0 radical (unpaired) electrons. The molecule has 5 rings (SSSR count). The largest absolute Gasteiger partial charge is 0.384 e. The molecule has 1 amide bonds. The molecule has 0 aliphatic carbocycles. The Morgan fingerprint density at radius 2 is 1.97 bits per heavy atom. The van der Waals surface area contributed by atoms with Crippen molar-refractivity contribution in [3.63, 3.8) is 0 Å². The Morgan fingerprint density at radius 3 is 2.64 bits per heavy atom. The summed E-state index contributed by atoms with van der Waals surface area (Å²) >= 11 is 1.43. The topological polar surface area (TPSA) is 137 Å². The maximum absolute atomic E-state index is 12.2. The number of anilines is 2. The van der Waals surface area contributed by atoms with Crippen LogP contribution in [0, 0.1) is 0 Å². The van der Waals surface area contributed by atoms with Crippen LogP contribution in [-0.4, -0.2) is 40.8 Å². The Morgan fingerprint density at radius 1 is 1.17 bits per heavy atom. The number of rotatable bonds is 8. The summed E-state index contributed by atoms with van der Waals surface area (Å²) in [4.78, 5) is 17.7. The molecule has 0 aliphatic heterocycles. The Kier molecular flexibility index (Phi) is 6.08. The maximum atomic E-state index is 12.2. The predicted molar refractivity (Wildman–Crippen MR) is 137 cm³/mol. The molecule has 1 aromatic carbocycles. The van der Waals surface area contributed by atoms with E-state index in [1.807, 2.05) is 54.7 Å². The van der Waals surface area contributed by atoms with Gasteiger partial charge in [-0.1, -0.05) is 23.4 Å². The van der Waals surface area contributed by atoms with Gasteiger partial charge in [-0.05, 0) is 55.8 Å². The number of nitrogens with zero attached hydrogens (tertiary/aromatic N) is 6. The van der Waals surface area contributed by atoms with E-state index in [4.69, 9.17) is 5.73 Å². The number of amides is 1. The van der Waals surface area contributed by atoms with Crippen molar-refractivity contribution in [2.45, 2.75) is 26.0 Å². The number of hydrogen-bond acceptors (Lipinski definition) is 8. The third-order valence-electron chi connectivity index (χ3n) is 5.46. The van der Waals surface area contributed by atoms with Crippen molar-refractivity contribution in [3.8, 4) is 16.1 Å². The van der Waals surface area contributed by atoms with E-state index < -0.39 is 11.5 Å². The first-order chi connectivity index (χ1) is 17.3. The molecule has 0 saturated heterocycles. The van der Waals surface area contributed by atoms with E-state index in [1.54, 1.807) is 41.7 Å². The number of primary amides is 1. The summed E-state index contributed by atoms with van der Waals surface area (Å²) in [6.45, 7) is 3.69. The minimum absolute atomic E-state index is 0.375. The lowest BCUT2D eigenvalue weighted by molar-refractivity contribution is 0.0737. The van der Waals surface area contributed by atoms with Crippen molar-refractivity contribution < 1.29 is 9.90 Å². The SMILES string of the molecule is CC(C)(O)c1cn(Cc2cccc(Nc3sc(-c4ccc(-n5cccn5)cc4)cc3C(N)=O)n2)nn1. The molecule has 4 aromatic heterocycles. The minimum atomic E-state index is -1.07. The molecule has 0 fully saturated rings. The van der Waals surface area contributed by atoms with Gasteiger partial charge in [0.1, 0.15) is 22.1 Å². The molecule has 4 N–H and O–H groups in total. The van der Waals surface area contributed by atoms with E-state index in [0.29, 0.717) is 28.6 Å². The summed E-state index contributed by atoms with van der Waals surface area (Å²) in [6.07, 6.45) is 5.30. The summed E-state index contributed by atoms with van der Waals surface area (Å²) < 4.78 is 3.40. The number of aliphatic hydroxyl groups is 1. The number of hydrogen-bond donors (Lipinski definition) is 3. The molecule has 0 atom stereocenters. The number of nitrogens with one attached hydrogen (secondary N) is 1. The van der Waals surface area contributed by atoms with Crippen LogP contribution in [0.4, 0.5) is 10.8 Å². The predicted octanol–water partition coefficient (Wildman–Crippen LogP) is 3.71. The average molecular weight is 501 g/mol.